The van der Waals surface area contributed by atoms with E-state index in [2.05, 4.69) is 10.6 Å². The fourth-order valence-electron chi connectivity index (χ4n) is 4.07. The van der Waals surface area contributed by atoms with E-state index in [9.17, 15) is 14.4 Å². The summed E-state index contributed by atoms with van der Waals surface area (Å²) in [5.41, 5.74) is 3.32. The zero-order valence-electron chi connectivity index (χ0n) is 21.3. The van der Waals surface area contributed by atoms with Gasteiger partial charge in [-0.05, 0) is 66.4 Å². The predicted octanol–water partition coefficient (Wildman–Crippen LogP) is 4.67. The van der Waals surface area contributed by atoms with Crippen molar-refractivity contribution in [2.75, 3.05) is 31.0 Å². The number of methoxy groups -OCH3 is 2. The number of amides is 3. The number of halogens is 1. The van der Waals surface area contributed by atoms with Crippen LogP contribution in [-0.2, 0) is 22.4 Å². The molecule has 0 radical (unpaired) electrons. The third-order valence-corrected chi connectivity index (χ3v) is 6.52. The van der Waals surface area contributed by atoms with Crippen LogP contribution < -0.4 is 25.0 Å². The summed E-state index contributed by atoms with van der Waals surface area (Å²) in [6, 6.07) is 19.4. The number of nitrogens with one attached hydrogen (secondary N) is 2. The molecule has 1 heterocycles. The molecule has 1 aliphatic rings. The van der Waals surface area contributed by atoms with E-state index in [4.69, 9.17) is 21.1 Å². The van der Waals surface area contributed by atoms with Gasteiger partial charge >= 0.3 is 0 Å². The molecule has 0 aliphatic carbocycles. The van der Waals surface area contributed by atoms with E-state index >= 15 is 0 Å². The van der Waals surface area contributed by atoms with Gasteiger partial charge in [-0.25, -0.2) is 4.90 Å². The van der Waals surface area contributed by atoms with Crippen LogP contribution in [0.25, 0.3) is 0 Å². The van der Waals surface area contributed by atoms with Crippen LogP contribution in [0.2, 0.25) is 0 Å². The van der Waals surface area contributed by atoms with Crippen molar-refractivity contribution in [3.8, 4) is 11.5 Å². The van der Waals surface area contributed by atoms with Crippen LogP contribution in [-0.4, -0.2) is 38.5 Å². The lowest BCUT2D eigenvalue weighted by atomic mass is 10.1. The minimum Gasteiger partial charge on any atom is -0.493 e. The second kappa shape index (κ2) is 11.8. The normalized spacial score (nSPS) is 13.1. The first-order valence-electron chi connectivity index (χ1n) is 12.1. The number of hydrogen-bond donors (Lipinski definition) is 2. The number of aryl methyl sites for hydroxylation is 1. The Bertz CT molecular complexity index is 1400. The molecule has 0 bridgehead atoms. The molecule has 3 amide bonds. The molecule has 0 fully saturated rings. The van der Waals surface area contributed by atoms with Crippen molar-refractivity contribution in [3.63, 3.8) is 0 Å². The number of carbonyl (C=O) groups excluding carboxylic acids is 3. The maximum Gasteiger partial charge on any atom is 0.283 e. The smallest absolute Gasteiger partial charge is 0.283 e. The number of anilines is 2. The molecule has 0 unspecified atom stereocenters. The van der Waals surface area contributed by atoms with Crippen molar-refractivity contribution in [1.82, 2.24) is 5.32 Å². The minimum absolute atomic E-state index is 0.0396. The van der Waals surface area contributed by atoms with Crippen LogP contribution in [0.3, 0.4) is 0 Å². The van der Waals surface area contributed by atoms with E-state index in [1.807, 2.05) is 37.3 Å². The third kappa shape index (κ3) is 5.65. The molecule has 0 saturated heterocycles. The van der Waals surface area contributed by atoms with Crippen LogP contribution in [0, 0.1) is 0 Å². The van der Waals surface area contributed by atoms with Crippen LogP contribution in [0.1, 0.15) is 28.4 Å². The Morgan fingerprint density at radius 3 is 2.29 bits per heavy atom. The number of imide groups is 1. The molecule has 1 aliphatic heterocycles. The van der Waals surface area contributed by atoms with Crippen molar-refractivity contribution < 1.29 is 23.9 Å². The van der Waals surface area contributed by atoms with E-state index in [-0.39, 0.29) is 16.6 Å². The van der Waals surface area contributed by atoms with Gasteiger partial charge in [-0.1, -0.05) is 42.8 Å². The second-order valence-electron chi connectivity index (χ2n) is 8.56. The average Bonchev–Trinajstić information content (AvgIpc) is 3.15. The Morgan fingerprint density at radius 2 is 1.61 bits per heavy atom. The Morgan fingerprint density at radius 1 is 0.895 bits per heavy atom. The van der Waals surface area contributed by atoms with Gasteiger partial charge in [0, 0.05) is 17.8 Å². The van der Waals surface area contributed by atoms with Crippen LogP contribution >= 0.6 is 11.6 Å². The van der Waals surface area contributed by atoms with Gasteiger partial charge in [-0.15, -0.1) is 0 Å². The molecular formula is C29H28ClN3O5. The summed E-state index contributed by atoms with van der Waals surface area (Å²) in [6.45, 7) is 2.43. The summed E-state index contributed by atoms with van der Waals surface area (Å²) in [4.78, 5) is 39.6. The fourth-order valence-corrected chi connectivity index (χ4v) is 4.28. The first kappa shape index (κ1) is 26.8. The summed E-state index contributed by atoms with van der Waals surface area (Å²) in [7, 11) is 3.15. The highest BCUT2D eigenvalue weighted by Crippen LogP contribution is 2.31. The summed E-state index contributed by atoms with van der Waals surface area (Å²) < 4.78 is 10.6. The molecule has 8 nitrogen and oxygen atoms in total. The first-order valence-corrected chi connectivity index (χ1v) is 12.5. The second-order valence-corrected chi connectivity index (χ2v) is 8.93. The quantitative estimate of drug-likeness (QED) is 0.367. The largest absolute Gasteiger partial charge is 0.493 e. The van der Waals surface area contributed by atoms with Crippen LogP contribution in [0.15, 0.2) is 77.5 Å². The number of rotatable bonds is 10. The van der Waals surface area contributed by atoms with Gasteiger partial charge in [0.25, 0.3) is 17.7 Å². The van der Waals surface area contributed by atoms with Gasteiger partial charge < -0.3 is 20.1 Å². The molecule has 0 saturated carbocycles. The molecule has 3 aromatic carbocycles. The number of ether oxygens (including phenoxy) is 2. The Hall–Kier alpha value is -4.30. The van der Waals surface area contributed by atoms with Crippen molar-refractivity contribution in [3.05, 3.63) is 94.1 Å². The van der Waals surface area contributed by atoms with Gasteiger partial charge in [0.05, 0.1) is 19.9 Å². The Balaban J connectivity index is 1.40. The molecule has 9 heteroatoms. The van der Waals surface area contributed by atoms with E-state index in [0.717, 1.165) is 22.4 Å². The molecule has 0 aromatic heterocycles. The van der Waals surface area contributed by atoms with Crippen molar-refractivity contribution in [2.45, 2.75) is 19.8 Å². The Kier molecular flexibility index (Phi) is 8.33. The fraction of sp³-hybridized carbons (Fsp3) is 0.207. The maximum absolute atomic E-state index is 13.1. The first-order chi connectivity index (χ1) is 18.4. The predicted molar refractivity (Wildman–Crippen MR) is 147 cm³/mol. The summed E-state index contributed by atoms with van der Waals surface area (Å²) >= 11 is 6.26. The lowest BCUT2D eigenvalue weighted by Gasteiger charge is -2.15. The van der Waals surface area contributed by atoms with Gasteiger partial charge in [0.1, 0.15) is 10.7 Å². The summed E-state index contributed by atoms with van der Waals surface area (Å²) in [6.07, 6.45) is 1.44. The van der Waals surface area contributed by atoms with E-state index in [0.29, 0.717) is 41.4 Å². The molecule has 0 atom stereocenters. The minimum atomic E-state index is -0.604. The lowest BCUT2D eigenvalue weighted by Crippen LogP contribution is -2.32. The average molecular weight is 534 g/mol. The molecule has 38 heavy (non-hydrogen) atoms. The summed E-state index contributed by atoms with van der Waals surface area (Å²) in [5, 5.41) is 5.61. The zero-order chi connectivity index (χ0) is 27.2. The van der Waals surface area contributed by atoms with Crippen LogP contribution in [0.5, 0.6) is 11.5 Å². The molecule has 196 valence electrons. The lowest BCUT2D eigenvalue weighted by molar-refractivity contribution is -0.120. The monoisotopic (exact) mass is 533 g/mol. The van der Waals surface area contributed by atoms with E-state index in [1.165, 1.54) is 0 Å². The van der Waals surface area contributed by atoms with Crippen molar-refractivity contribution in [2.24, 2.45) is 0 Å². The number of nitrogens with zero attached hydrogens (tertiary/aromatic N) is 1. The highest BCUT2D eigenvalue weighted by molar-refractivity contribution is 6.53. The summed E-state index contributed by atoms with van der Waals surface area (Å²) in [5.74, 6) is -0.179. The maximum atomic E-state index is 13.1. The van der Waals surface area contributed by atoms with E-state index < -0.39 is 11.8 Å². The van der Waals surface area contributed by atoms with E-state index in [1.54, 1.807) is 50.6 Å². The third-order valence-electron chi connectivity index (χ3n) is 6.17. The number of benzene rings is 3. The molecule has 4 rings (SSSR count). The van der Waals surface area contributed by atoms with Gasteiger partial charge in [-0.3, -0.25) is 14.4 Å². The number of hydrogen-bond acceptors (Lipinski definition) is 6. The SMILES string of the molecule is CCc1ccc(N2C(=O)C(Cl)=C(Nc3cccc(C(=O)NCCc4ccc(OC)c(OC)c4)c3)C2=O)cc1. The Labute approximate surface area is 226 Å². The van der Waals surface area contributed by atoms with Crippen molar-refractivity contribution in [1.29, 1.82) is 0 Å². The highest BCUT2D eigenvalue weighted by atomic mass is 35.5. The van der Waals surface area contributed by atoms with Gasteiger partial charge in [0.2, 0.25) is 0 Å². The molecular weight excluding hydrogens is 506 g/mol. The topological polar surface area (TPSA) is 97.0 Å². The zero-order valence-corrected chi connectivity index (χ0v) is 22.1. The van der Waals surface area contributed by atoms with Crippen LogP contribution in [0.4, 0.5) is 11.4 Å². The standard InChI is InChI=1S/C29H28ClN3O5/c1-4-18-8-11-22(12-9-18)33-28(35)25(30)26(29(33)36)32-21-7-5-6-20(17-21)27(34)31-15-14-19-10-13-23(37-2)24(16-19)38-3/h5-13,16-17,32H,4,14-15H2,1-3H3,(H,31,34). The molecule has 3 aromatic rings. The van der Waals surface area contributed by atoms with Crippen molar-refractivity contribution >= 4 is 40.7 Å². The van der Waals surface area contributed by atoms with Gasteiger partial charge in [-0.2, -0.15) is 0 Å². The number of carbonyl (C=O) groups is 3. The van der Waals surface area contributed by atoms with Gasteiger partial charge in [0.15, 0.2) is 11.5 Å². The highest BCUT2D eigenvalue weighted by Gasteiger charge is 2.39. The molecule has 0 spiro atoms. The molecule has 2 N–H and O–H groups in total.